The summed E-state index contributed by atoms with van der Waals surface area (Å²) in [6, 6.07) is 0. The summed E-state index contributed by atoms with van der Waals surface area (Å²) in [7, 11) is 0. The minimum Gasteiger partial charge on any atom is -0.394 e. The monoisotopic (exact) mass is 180 g/mol. The Labute approximate surface area is 71.4 Å². The molecule has 3 N–H and O–H groups in total. The van der Waals surface area contributed by atoms with Gasteiger partial charge in [0.1, 0.15) is 0 Å². The summed E-state index contributed by atoms with van der Waals surface area (Å²) in [4.78, 5) is 0. The molecule has 0 radical (unpaired) electrons. The average Bonchev–Trinajstić information content (AvgIpc) is 1.85. The maximum atomic E-state index is 9.24. The molecule has 0 saturated heterocycles. The lowest BCUT2D eigenvalue weighted by molar-refractivity contribution is 0.104. The van der Waals surface area contributed by atoms with Crippen molar-refractivity contribution in [2.75, 3.05) is 18.1 Å². The molecule has 0 aliphatic heterocycles. The third-order valence-electron chi connectivity index (χ3n) is 0.976. The van der Waals surface area contributed by atoms with E-state index in [1.54, 1.807) is 13.8 Å². The van der Waals surface area contributed by atoms with Gasteiger partial charge in [0.25, 0.3) is 0 Å². The lowest BCUT2D eigenvalue weighted by atomic mass is 10.2. The predicted octanol–water partition coefficient (Wildman–Crippen LogP) is -0.156. The summed E-state index contributed by atoms with van der Waals surface area (Å²) < 4.78 is 0. The van der Waals surface area contributed by atoms with E-state index < -0.39 is 11.7 Å². The molecule has 1 atom stereocenters. The molecule has 0 aliphatic rings. The highest BCUT2D eigenvalue weighted by Crippen LogP contribution is 2.12. The van der Waals surface area contributed by atoms with Crippen LogP contribution in [0.3, 0.4) is 0 Å². The normalized spacial score (nSPS) is 15.0. The van der Waals surface area contributed by atoms with Gasteiger partial charge >= 0.3 is 0 Å². The highest BCUT2D eigenvalue weighted by atomic mass is 32.2. The van der Waals surface area contributed by atoms with Crippen LogP contribution in [0.15, 0.2) is 0 Å². The second-order valence-electron chi connectivity index (χ2n) is 3.16. The Hall–Kier alpha value is 0.230. The van der Waals surface area contributed by atoms with E-state index in [1.807, 2.05) is 0 Å². The Kier molecular flexibility index (Phi) is 5.08. The molecule has 0 aromatic carbocycles. The van der Waals surface area contributed by atoms with Crippen molar-refractivity contribution in [3.8, 4) is 0 Å². The van der Waals surface area contributed by atoms with Crippen molar-refractivity contribution >= 4 is 11.8 Å². The van der Waals surface area contributed by atoms with E-state index >= 15 is 0 Å². The zero-order chi connectivity index (χ0) is 8.91. The molecule has 0 spiro atoms. The summed E-state index contributed by atoms with van der Waals surface area (Å²) >= 11 is 1.43. The van der Waals surface area contributed by atoms with Gasteiger partial charge in [-0.25, -0.2) is 0 Å². The van der Waals surface area contributed by atoms with Gasteiger partial charge in [-0.05, 0) is 13.8 Å². The van der Waals surface area contributed by atoms with Crippen LogP contribution in [0.5, 0.6) is 0 Å². The van der Waals surface area contributed by atoms with Gasteiger partial charge in [-0.1, -0.05) is 0 Å². The van der Waals surface area contributed by atoms with E-state index in [0.29, 0.717) is 11.5 Å². The van der Waals surface area contributed by atoms with Crippen molar-refractivity contribution in [3.05, 3.63) is 0 Å². The summed E-state index contributed by atoms with van der Waals surface area (Å²) in [6.45, 7) is 3.22. The van der Waals surface area contributed by atoms with Crippen LogP contribution < -0.4 is 0 Å². The van der Waals surface area contributed by atoms with E-state index in [4.69, 9.17) is 10.2 Å². The molecule has 0 rings (SSSR count). The van der Waals surface area contributed by atoms with Gasteiger partial charge in [-0.3, -0.25) is 0 Å². The zero-order valence-corrected chi connectivity index (χ0v) is 7.77. The van der Waals surface area contributed by atoms with Crippen LogP contribution in [-0.4, -0.2) is 45.1 Å². The average molecular weight is 180 g/mol. The molecular weight excluding hydrogens is 164 g/mol. The maximum absolute atomic E-state index is 9.24. The fraction of sp³-hybridized carbons (Fsp3) is 1.00. The van der Waals surface area contributed by atoms with Crippen LogP contribution in [0, 0.1) is 0 Å². The summed E-state index contributed by atoms with van der Waals surface area (Å²) in [5, 5.41) is 26.6. The molecule has 1 unspecified atom stereocenters. The van der Waals surface area contributed by atoms with Gasteiger partial charge in [0, 0.05) is 11.5 Å². The first-order chi connectivity index (χ1) is 4.95. The molecule has 0 aromatic rings. The summed E-state index contributed by atoms with van der Waals surface area (Å²) in [5.41, 5.74) is -0.695. The van der Waals surface area contributed by atoms with E-state index in [-0.39, 0.29) is 6.61 Å². The van der Waals surface area contributed by atoms with Crippen LogP contribution in [0.1, 0.15) is 13.8 Å². The third kappa shape index (κ3) is 8.13. The largest absolute Gasteiger partial charge is 0.394 e. The molecular formula is C7H16O3S. The van der Waals surface area contributed by atoms with Crippen molar-refractivity contribution < 1.29 is 15.3 Å². The van der Waals surface area contributed by atoms with Gasteiger partial charge in [-0.15, -0.1) is 0 Å². The minimum atomic E-state index is -0.695. The lowest BCUT2D eigenvalue weighted by Crippen LogP contribution is -2.24. The Balaban J connectivity index is 3.28. The molecule has 0 heterocycles. The Morgan fingerprint density at radius 3 is 2.36 bits per heavy atom. The Morgan fingerprint density at radius 2 is 2.00 bits per heavy atom. The molecule has 0 aliphatic carbocycles. The molecule has 0 amide bonds. The fourth-order valence-corrected chi connectivity index (χ4v) is 1.49. The van der Waals surface area contributed by atoms with Crippen molar-refractivity contribution in [1.29, 1.82) is 0 Å². The van der Waals surface area contributed by atoms with E-state index in [2.05, 4.69) is 0 Å². The summed E-state index contributed by atoms with van der Waals surface area (Å²) in [5.74, 6) is 1.05. The van der Waals surface area contributed by atoms with Crippen LogP contribution in [0.2, 0.25) is 0 Å². The first-order valence-corrected chi connectivity index (χ1v) is 4.70. The smallest absolute Gasteiger partial charge is 0.0861 e. The van der Waals surface area contributed by atoms with Crippen LogP contribution in [0.25, 0.3) is 0 Å². The number of aliphatic hydroxyl groups is 3. The van der Waals surface area contributed by atoms with Crippen molar-refractivity contribution in [3.63, 3.8) is 0 Å². The molecule has 11 heavy (non-hydrogen) atoms. The van der Waals surface area contributed by atoms with Crippen LogP contribution in [0.4, 0.5) is 0 Å². The second-order valence-corrected chi connectivity index (χ2v) is 4.19. The van der Waals surface area contributed by atoms with Gasteiger partial charge in [-0.2, -0.15) is 11.8 Å². The standard InChI is InChI=1S/C7H16O3S/c1-7(2,10)5-11-4-6(9)3-8/h6,8-10H,3-5H2,1-2H3. The van der Waals surface area contributed by atoms with E-state index in [9.17, 15) is 5.11 Å². The SMILES string of the molecule is CC(C)(O)CSCC(O)CO. The van der Waals surface area contributed by atoms with Gasteiger partial charge in [0.05, 0.1) is 18.3 Å². The summed E-state index contributed by atoms with van der Waals surface area (Å²) in [6.07, 6.45) is -0.664. The Bertz CT molecular complexity index is 100. The van der Waals surface area contributed by atoms with E-state index in [0.717, 1.165) is 0 Å². The molecule has 4 heteroatoms. The Morgan fingerprint density at radius 1 is 1.45 bits per heavy atom. The maximum Gasteiger partial charge on any atom is 0.0861 e. The second kappa shape index (κ2) is 4.98. The van der Waals surface area contributed by atoms with Crippen molar-refractivity contribution in [2.45, 2.75) is 25.6 Å². The molecule has 0 aromatic heterocycles. The van der Waals surface area contributed by atoms with Gasteiger partial charge in [0.2, 0.25) is 0 Å². The molecule has 0 bridgehead atoms. The number of aliphatic hydroxyl groups excluding tert-OH is 2. The highest BCUT2D eigenvalue weighted by Gasteiger charge is 2.13. The molecule has 0 saturated carbocycles. The fourth-order valence-electron chi connectivity index (χ4n) is 0.497. The van der Waals surface area contributed by atoms with Gasteiger partial charge < -0.3 is 15.3 Å². The molecule has 68 valence electrons. The van der Waals surface area contributed by atoms with Gasteiger partial charge in [0.15, 0.2) is 0 Å². The number of thioether (sulfide) groups is 1. The van der Waals surface area contributed by atoms with Crippen LogP contribution >= 0.6 is 11.8 Å². The highest BCUT2D eigenvalue weighted by molar-refractivity contribution is 7.99. The number of hydrogen-bond acceptors (Lipinski definition) is 4. The number of hydrogen-bond donors (Lipinski definition) is 3. The molecule has 3 nitrogen and oxygen atoms in total. The topological polar surface area (TPSA) is 60.7 Å². The first kappa shape index (κ1) is 11.2. The minimum absolute atomic E-state index is 0.209. The zero-order valence-electron chi connectivity index (χ0n) is 6.95. The van der Waals surface area contributed by atoms with Crippen LogP contribution in [-0.2, 0) is 0 Å². The van der Waals surface area contributed by atoms with Crippen molar-refractivity contribution in [2.24, 2.45) is 0 Å². The van der Waals surface area contributed by atoms with E-state index in [1.165, 1.54) is 11.8 Å². The van der Waals surface area contributed by atoms with Crippen molar-refractivity contribution in [1.82, 2.24) is 0 Å². The first-order valence-electron chi connectivity index (χ1n) is 3.55. The quantitative estimate of drug-likeness (QED) is 0.550. The predicted molar refractivity (Wildman–Crippen MR) is 46.7 cm³/mol. The lowest BCUT2D eigenvalue weighted by Gasteiger charge is -2.16. The third-order valence-corrected chi connectivity index (χ3v) is 2.51. The molecule has 0 fully saturated rings. The number of rotatable bonds is 5.